The van der Waals surface area contributed by atoms with Crippen molar-refractivity contribution in [1.82, 2.24) is 9.88 Å². The number of hydrogen-bond acceptors (Lipinski definition) is 7. The van der Waals surface area contributed by atoms with Crippen molar-refractivity contribution in [1.29, 1.82) is 0 Å². The first kappa shape index (κ1) is 23.3. The van der Waals surface area contributed by atoms with Crippen molar-refractivity contribution < 1.29 is 32.7 Å². The zero-order valence-corrected chi connectivity index (χ0v) is 18.0. The summed E-state index contributed by atoms with van der Waals surface area (Å²) in [6.45, 7) is 0.0767. The second-order valence-corrected chi connectivity index (χ2v) is 9.52. The van der Waals surface area contributed by atoms with E-state index in [0.29, 0.717) is 11.1 Å². The first-order valence-electron chi connectivity index (χ1n) is 10.0. The summed E-state index contributed by atoms with van der Waals surface area (Å²) in [6, 6.07) is 8.43. The van der Waals surface area contributed by atoms with Crippen LogP contribution in [0.15, 0.2) is 53.7 Å². The molecule has 1 atom stereocenters. The molecule has 1 unspecified atom stereocenters. The van der Waals surface area contributed by atoms with Gasteiger partial charge in [0.15, 0.2) is 15.6 Å². The molecule has 1 aromatic carbocycles. The summed E-state index contributed by atoms with van der Waals surface area (Å²) < 4.78 is 25.5. The summed E-state index contributed by atoms with van der Waals surface area (Å²) in [6.07, 6.45) is 3.46. The lowest BCUT2D eigenvalue weighted by atomic mass is 10.1. The van der Waals surface area contributed by atoms with Gasteiger partial charge in [0.2, 0.25) is 11.8 Å². The van der Waals surface area contributed by atoms with E-state index in [1.54, 1.807) is 12.1 Å². The summed E-state index contributed by atoms with van der Waals surface area (Å²) >= 11 is 0. The molecule has 0 aliphatic carbocycles. The Morgan fingerprint density at radius 1 is 0.969 bits per heavy atom. The van der Waals surface area contributed by atoms with E-state index in [9.17, 15) is 32.7 Å². The molecule has 1 aliphatic heterocycles. The number of likely N-dealkylation sites (tertiary alicyclic amines) is 1. The van der Waals surface area contributed by atoms with Gasteiger partial charge in [-0.3, -0.25) is 29.1 Å². The van der Waals surface area contributed by atoms with Gasteiger partial charge in [-0.2, -0.15) is 0 Å². The Labute approximate surface area is 185 Å². The third-order valence-corrected chi connectivity index (χ3v) is 7.11. The molecule has 2 heterocycles. The molecule has 1 aliphatic rings. The van der Waals surface area contributed by atoms with Gasteiger partial charge in [0, 0.05) is 42.9 Å². The number of sulfone groups is 1. The number of carboxylic acid groups (broad SMARTS) is 1. The average molecular weight is 458 g/mol. The van der Waals surface area contributed by atoms with Crippen LogP contribution in [-0.4, -0.2) is 59.3 Å². The molecule has 2 aromatic rings. The first-order chi connectivity index (χ1) is 15.2. The zero-order chi connectivity index (χ0) is 23.3. The molecular formula is C22H22N2O7S. The Morgan fingerprint density at radius 2 is 1.53 bits per heavy atom. The topological polar surface area (TPSA) is 139 Å². The first-order valence-corrected chi connectivity index (χ1v) is 11.7. The second-order valence-electron chi connectivity index (χ2n) is 7.49. The molecule has 9 nitrogen and oxygen atoms in total. The number of imide groups is 1. The van der Waals surface area contributed by atoms with Gasteiger partial charge < -0.3 is 5.11 Å². The Bertz CT molecular complexity index is 1110. The van der Waals surface area contributed by atoms with Crippen molar-refractivity contribution in [3.8, 4) is 0 Å². The molecule has 2 amide bonds. The van der Waals surface area contributed by atoms with Crippen molar-refractivity contribution in [2.45, 2.75) is 30.6 Å². The van der Waals surface area contributed by atoms with Gasteiger partial charge >= 0.3 is 5.97 Å². The molecule has 1 aromatic heterocycles. The summed E-state index contributed by atoms with van der Waals surface area (Å²) in [4.78, 5) is 52.2. The van der Waals surface area contributed by atoms with Crippen molar-refractivity contribution in [3.05, 3.63) is 59.9 Å². The Kier molecular flexibility index (Phi) is 7.14. The summed E-state index contributed by atoms with van der Waals surface area (Å²) in [7, 11) is -3.93. The monoisotopic (exact) mass is 458 g/mol. The lowest BCUT2D eigenvalue weighted by Gasteiger charge is -2.16. The van der Waals surface area contributed by atoms with Crippen LogP contribution in [0.4, 0.5) is 0 Å². The molecule has 1 N–H and O–H groups in total. The smallest absolute Gasteiger partial charge is 0.307 e. The molecule has 10 heteroatoms. The predicted molar refractivity (Wildman–Crippen MR) is 112 cm³/mol. The number of carbonyl (C=O) groups excluding carboxylic acids is 3. The maximum atomic E-state index is 12.7. The van der Waals surface area contributed by atoms with Crippen LogP contribution in [0.2, 0.25) is 0 Å². The fourth-order valence-electron chi connectivity index (χ4n) is 3.49. The molecule has 168 valence electrons. The minimum absolute atomic E-state index is 0.00420. The van der Waals surface area contributed by atoms with Crippen LogP contribution in [0.1, 0.15) is 41.6 Å². The SMILES string of the molecule is O=C(c1ccncc1)c1ccc(S(=O)(=O)CC(CCCN2C(=O)CCC2=O)C(=O)O)cc1. The molecule has 0 saturated carbocycles. The molecule has 0 bridgehead atoms. The highest BCUT2D eigenvalue weighted by Gasteiger charge is 2.30. The van der Waals surface area contributed by atoms with Crippen molar-refractivity contribution in [2.24, 2.45) is 5.92 Å². The number of ketones is 1. The van der Waals surface area contributed by atoms with Gasteiger partial charge in [-0.15, -0.1) is 0 Å². The molecule has 3 rings (SSSR count). The molecule has 0 spiro atoms. The van der Waals surface area contributed by atoms with Gasteiger partial charge in [0.25, 0.3) is 0 Å². The number of benzene rings is 1. The fourth-order valence-corrected chi connectivity index (χ4v) is 5.07. The summed E-state index contributed by atoms with van der Waals surface area (Å²) in [5.41, 5.74) is 0.710. The number of amides is 2. The van der Waals surface area contributed by atoms with E-state index in [-0.39, 0.29) is 54.7 Å². The molecule has 1 fully saturated rings. The van der Waals surface area contributed by atoms with Crippen LogP contribution < -0.4 is 0 Å². The minimum atomic E-state index is -3.93. The quantitative estimate of drug-likeness (QED) is 0.419. The van der Waals surface area contributed by atoms with Crippen molar-refractivity contribution in [2.75, 3.05) is 12.3 Å². The van der Waals surface area contributed by atoms with E-state index in [1.807, 2.05) is 0 Å². The lowest BCUT2D eigenvalue weighted by molar-refractivity contribution is -0.141. The van der Waals surface area contributed by atoms with E-state index >= 15 is 0 Å². The van der Waals surface area contributed by atoms with Crippen LogP contribution in [0.3, 0.4) is 0 Å². The van der Waals surface area contributed by atoms with Gasteiger partial charge in [-0.1, -0.05) is 0 Å². The van der Waals surface area contributed by atoms with E-state index < -0.39 is 27.5 Å². The standard InChI is InChI=1S/C22H22N2O7S/c25-19-7-8-20(26)24(19)13-1-2-17(22(28)29)14-32(30,31)18-5-3-15(4-6-18)21(27)16-9-11-23-12-10-16/h3-6,9-12,17H,1-2,7-8,13-14H2,(H,28,29). The third kappa shape index (κ3) is 5.44. The number of nitrogens with zero attached hydrogens (tertiary/aromatic N) is 2. The maximum Gasteiger partial charge on any atom is 0.307 e. The Hall–Kier alpha value is -3.40. The zero-order valence-electron chi connectivity index (χ0n) is 17.1. The van der Waals surface area contributed by atoms with Gasteiger partial charge in [0.05, 0.1) is 16.6 Å². The molecule has 1 saturated heterocycles. The number of carbonyl (C=O) groups is 4. The molecular weight excluding hydrogens is 436 g/mol. The predicted octanol–water partition coefficient (Wildman–Crippen LogP) is 1.72. The van der Waals surface area contributed by atoms with Gasteiger partial charge in [0.1, 0.15) is 0 Å². The highest BCUT2D eigenvalue weighted by molar-refractivity contribution is 7.91. The number of pyridine rings is 1. The molecule has 32 heavy (non-hydrogen) atoms. The third-order valence-electron chi connectivity index (χ3n) is 5.28. The average Bonchev–Trinajstić information content (AvgIpc) is 3.10. The van der Waals surface area contributed by atoms with Crippen LogP contribution >= 0.6 is 0 Å². The number of aromatic nitrogens is 1. The molecule has 0 radical (unpaired) electrons. The normalized spacial score (nSPS) is 15.1. The number of carboxylic acids is 1. The van der Waals surface area contributed by atoms with E-state index in [4.69, 9.17) is 0 Å². The van der Waals surface area contributed by atoms with Crippen molar-refractivity contribution in [3.63, 3.8) is 0 Å². The maximum absolute atomic E-state index is 12.7. The van der Waals surface area contributed by atoms with Crippen LogP contribution in [-0.2, 0) is 24.2 Å². The van der Waals surface area contributed by atoms with E-state index in [1.165, 1.54) is 36.7 Å². The number of aliphatic carboxylic acids is 1. The summed E-state index contributed by atoms with van der Waals surface area (Å²) in [5.74, 6) is -3.96. The number of hydrogen-bond donors (Lipinski definition) is 1. The van der Waals surface area contributed by atoms with Crippen molar-refractivity contribution >= 4 is 33.4 Å². The fraction of sp³-hybridized carbons (Fsp3) is 0.318. The van der Waals surface area contributed by atoms with Crippen LogP contribution in [0.25, 0.3) is 0 Å². The van der Waals surface area contributed by atoms with Crippen LogP contribution in [0, 0.1) is 5.92 Å². The minimum Gasteiger partial charge on any atom is -0.481 e. The largest absolute Gasteiger partial charge is 0.481 e. The highest BCUT2D eigenvalue weighted by atomic mass is 32.2. The number of rotatable bonds is 10. The van der Waals surface area contributed by atoms with E-state index in [2.05, 4.69) is 4.98 Å². The van der Waals surface area contributed by atoms with Gasteiger partial charge in [-0.25, -0.2) is 8.42 Å². The second kappa shape index (κ2) is 9.82. The van der Waals surface area contributed by atoms with E-state index in [0.717, 1.165) is 4.90 Å². The van der Waals surface area contributed by atoms with Crippen LogP contribution in [0.5, 0.6) is 0 Å². The Balaban J connectivity index is 1.65. The van der Waals surface area contributed by atoms with Gasteiger partial charge in [-0.05, 0) is 49.2 Å². The Morgan fingerprint density at radius 3 is 2.09 bits per heavy atom. The highest BCUT2D eigenvalue weighted by Crippen LogP contribution is 2.21. The summed E-state index contributed by atoms with van der Waals surface area (Å²) in [5, 5.41) is 9.46. The lowest BCUT2D eigenvalue weighted by Crippen LogP contribution is -2.31.